The van der Waals surface area contributed by atoms with E-state index in [9.17, 15) is 14.4 Å². The van der Waals surface area contributed by atoms with Crippen LogP contribution in [0.5, 0.6) is 0 Å². The van der Waals surface area contributed by atoms with Gasteiger partial charge in [-0.25, -0.2) is 0 Å². The zero-order valence-electron chi connectivity index (χ0n) is 19.8. The molecule has 1 aliphatic rings. The van der Waals surface area contributed by atoms with Gasteiger partial charge in [-0.05, 0) is 60.7 Å². The van der Waals surface area contributed by atoms with Crippen molar-refractivity contribution in [3.05, 3.63) is 84.1 Å². The highest BCUT2D eigenvalue weighted by Crippen LogP contribution is 2.31. The van der Waals surface area contributed by atoms with Crippen molar-refractivity contribution in [3.63, 3.8) is 0 Å². The van der Waals surface area contributed by atoms with Crippen molar-refractivity contribution in [1.29, 1.82) is 0 Å². The molecule has 2 N–H and O–H groups in total. The Morgan fingerprint density at radius 1 is 1.06 bits per heavy atom. The SMILES string of the molecule is CCc1ccccc1N(C(=O)CNC(=O)c1ccco1)[C@@H](C(=O)NC1CCCC1)c1ccncc1. The Kier molecular flexibility index (Phi) is 7.92. The number of nitrogens with zero attached hydrogens (tertiary/aromatic N) is 2. The molecule has 0 spiro atoms. The van der Waals surface area contributed by atoms with Crippen LogP contribution in [0, 0.1) is 0 Å². The summed E-state index contributed by atoms with van der Waals surface area (Å²) < 4.78 is 5.13. The number of carbonyl (C=O) groups is 3. The van der Waals surface area contributed by atoms with Gasteiger partial charge >= 0.3 is 0 Å². The standard InChI is InChI=1S/C27H30N4O4/c1-2-19-8-3-6-11-22(19)31(24(32)18-29-26(33)23-12-7-17-35-23)25(20-13-15-28-16-14-20)27(34)30-21-9-4-5-10-21/h3,6-8,11-17,21,25H,2,4-5,9-10,18H2,1H3,(H,29,33)(H,30,34)/t25-/m1/s1. The fourth-order valence-corrected chi connectivity index (χ4v) is 4.51. The van der Waals surface area contributed by atoms with Crippen LogP contribution in [0.4, 0.5) is 5.69 Å². The molecule has 0 bridgehead atoms. The first-order valence-electron chi connectivity index (χ1n) is 12.0. The molecule has 0 unspecified atom stereocenters. The second-order valence-corrected chi connectivity index (χ2v) is 8.58. The van der Waals surface area contributed by atoms with Crippen molar-refractivity contribution in [2.45, 2.75) is 51.1 Å². The number of benzene rings is 1. The third-order valence-electron chi connectivity index (χ3n) is 6.28. The topological polar surface area (TPSA) is 105 Å². The van der Waals surface area contributed by atoms with Gasteiger partial charge in [-0.2, -0.15) is 0 Å². The summed E-state index contributed by atoms with van der Waals surface area (Å²) in [7, 11) is 0. The average Bonchev–Trinajstić information content (AvgIpc) is 3.61. The second kappa shape index (κ2) is 11.5. The Labute approximate surface area is 204 Å². The lowest BCUT2D eigenvalue weighted by molar-refractivity contribution is -0.126. The van der Waals surface area contributed by atoms with Crippen molar-refractivity contribution in [3.8, 4) is 0 Å². The van der Waals surface area contributed by atoms with Gasteiger partial charge in [0.05, 0.1) is 12.8 Å². The molecule has 8 heteroatoms. The van der Waals surface area contributed by atoms with Crippen molar-refractivity contribution < 1.29 is 18.8 Å². The molecule has 0 radical (unpaired) electrons. The van der Waals surface area contributed by atoms with Gasteiger partial charge in [-0.1, -0.05) is 38.0 Å². The number of para-hydroxylation sites is 1. The smallest absolute Gasteiger partial charge is 0.287 e. The maximum Gasteiger partial charge on any atom is 0.287 e. The summed E-state index contributed by atoms with van der Waals surface area (Å²) in [6, 6.07) is 13.3. The maximum atomic E-state index is 13.7. The Bertz CT molecular complexity index is 1140. The van der Waals surface area contributed by atoms with Crippen LogP contribution in [0.15, 0.2) is 71.6 Å². The molecule has 4 rings (SSSR count). The molecule has 0 saturated heterocycles. The molecule has 35 heavy (non-hydrogen) atoms. The van der Waals surface area contributed by atoms with Gasteiger partial charge in [0.2, 0.25) is 11.8 Å². The Morgan fingerprint density at radius 3 is 2.49 bits per heavy atom. The summed E-state index contributed by atoms with van der Waals surface area (Å²) in [5, 5.41) is 5.77. The predicted octanol–water partition coefficient (Wildman–Crippen LogP) is 3.80. The van der Waals surface area contributed by atoms with E-state index in [2.05, 4.69) is 15.6 Å². The number of rotatable bonds is 9. The molecule has 1 fully saturated rings. The number of aromatic nitrogens is 1. The highest BCUT2D eigenvalue weighted by molar-refractivity contribution is 6.04. The first-order chi connectivity index (χ1) is 17.1. The zero-order chi connectivity index (χ0) is 24.6. The van der Waals surface area contributed by atoms with Gasteiger partial charge in [-0.3, -0.25) is 24.3 Å². The van der Waals surface area contributed by atoms with Crippen molar-refractivity contribution in [2.75, 3.05) is 11.4 Å². The number of anilines is 1. The zero-order valence-corrected chi connectivity index (χ0v) is 19.8. The minimum absolute atomic E-state index is 0.0869. The lowest BCUT2D eigenvalue weighted by atomic mass is 10.0. The van der Waals surface area contributed by atoms with Crippen molar-refractivity contribution in [2.24, 2.45) is 0 Å². The lowest BCUT2D eigenvalue weighted by Crippen LogP contribution is -2.49. The van der Waals surface area contributed by atoms with Crippen LogP contribution in [0.25, 0.3) is 0 Å². The maximum absolute atomic E-state index is 13.7. The van der Waals surface area contributed by atoms with Gasteiger partial charge in [0.15, 0.2) is 5.76 Å². The quantitative estimate of drug-likeness (QED) is 0.491. The monoisotopic (exact) mass is 474 g/mol. The number of pyridine rings is 1. The first-order valence-corrected chi connectivity index (χ1v) is 12.0. The number of hydrogen-bond donors (Lipinski definition) is 2. The van der Waals surface area contributed by atoms with Crippen LogP contribution in [-0.2, 0) is 16.0 Å². The summed E-state index contributed by atoms with van der Waals surface area (Å²) in [6.45, 7) is 1.70. The van der Waals surface area contributed by atoms with Crippen LogP contribution in [0.3, 0.4) is 0 Å². The molecule has 1 aliphatic carbocycles. The molecule has 8 nitrogen and oxygen atoms in total. The van der Waals surface area contributed by atoms with Crippen LogP contribution in [0.2, 0.25) is 0 Å². The predicted molar refractivity (Wildman–Crippen MR) is 132 cm³/mol. The summed E-state index contributed by atoms with van der Waals surface area (Å²) in [5.74, 6) is -1.04. The average molecular weight is 475 g/mol. The van der Waals surface area contributed by atoms with Crippen LogP contribution in [-0.4, -0.2) is 35.3 Å². The van der Waals surface area contributed by atoms with Gasteiger partial charge in [0.25, 0.3) is 5.91 Å². The summed E-state index contributed by atoms with van der Waals surface area (Å²) in [6.07, 6.45) is 9.28. The third kappa shape index (κ3) is 5.77. The van der Waals surface area contributed by atoms with E-state index in [1.54, 1.807) is 30.6 Å². The fourth-order valence-electron chi connectivity index (χ4n) is 4.51. The highest BCUT2D eigenvalue weighted by atomic mass is 16.3. The molecule has 182 valence electrons. The van der Waals surface area contributed by atoms with E-state index in [0.717, 1.165) is 31.2 Å². The number of aryl methyl sites for hydroxylation is 1. The Morgan fingerprint density at radius 2 is 1.80 bits per heavy atom. The number of furan rings is 1. The molecular weight excluding hydrogens is 444 g/mol. The molecule has 1 atom stereocenters. The molecule has 0 aliphatic heterocycles. The van der Waals surface area contributed by atoms with Crippen LogP contribution < -0.4 is 15.5 Å². The van der Waals surface area contributed by atoms with E-state index in [1.807, 2.05) is 31.2 Å². The summed E-state index contributed by atoms with van der Waals surface area (Å²) in [4.78, 5) is 45.5. The molecule has 2 aromatic heterocycles. The number of nitrogens with one attached hydrogen (secondary N) is 2. The van der Waals surface area contributed by atoms with Gasteiger partial charge in [0, 0.05) is 24.1 Å². The minimum atomic E-state index is -0.917. The van der Waals surface area contributed by atoms with E-state index >= 15 is 0 Å². The number of hydrogen-bond acceptors (Lipinski definition) is 5. The Balaban J connectivity index is 1.70. The molecule has 3 amide bonds. The van der Waals surface area contributed by atoms with E-state index in [4.69, 9.17) is 4.42 Å². The third-order valence-corrected chi connectivity index (χ3v) is 6.28. The number of carbonyl (C=O) groups excluding carboxylic acids is 3. The summed E-state index contributed by atoms with van der Waals surface area (Å²) >= 11 is 0. The van der Waals surface area contributed by atoms with Gasteiger partial charge in [0.1, 0.15) is 6.04 Å². The fraction of sp³-hybridized carbons (Fsp3) is 0.333. The van der Waals surface area contributed by atoms with E-state index in [1.165, 1.54) is 17.2 Å². The summed E-state index contributed by atoms with van der Waals surface area (Å²) in [5.41, 5.74) is 2.20. The van der Waals surface area contributed by atoms with E-state index in [-0.39, 0.29) is 24.3 Å². The first kappa shape index (κ1) is 24.2. The van der Waals surface area contributed by atoms with Gasteiger partial charge < -0.3 is 15.1 Å². The lowest BCUT2D eigenvalue weighted by Gasteiger charge is -2.33. The Hall–Kier alpha value is -3.94. The van der Waals surface area contributed by atoms with E-state index < -0.39 is 17.9 Å². The van der Waals surface area contributed by atoms with Crippen molar-refractivity contribution in [1.82, 2.24) is 15.6 Å². The second-order valence-electron chi connectivity index (χ2n) is 8.58. The normalized spacial score (nSPS) is 14.3. The van der Waals surface area contributed by atoms with Crippen LogP contribution in [0.1, 0.15) is 60.3 Å². The molecule has 2 heterocycles. The molecule has 1 aromatic carbocycles. The minimum Gasteiger partial charge on any atom is -0.459 e. The largest absolute Gasteiger partial charge is 0.459 e. The van der Waals surface area contributed by atoms with Gasteiger partial charge in [-0.15, -0.1) is 0 Å². The van der Waals surface area contributed by atoms with Crippen LogP contribution >= 0.6 is 0 Å². The molecule has 1 saturated carbocycles. The highest BCUT2D eigenvalue weighted by Gasteiger charge is 2.35. The molecular formula is C27H30N4O4. The van der Waals surface area contributed by atoms with E-state index in [0.29, 0.717) is 17.7 Å². The van der Waals surface area contributed by atoms with Crippen molar-refractivity contribution >= 4 is 23.4 Å². The number of amides is 3. The molecule has 3 aromatic rings.